The van der Waals surface area contributed by atoms with Crippen LogP contribution in [0.15, 0.2) is 42.5 Å². The van der Waals surface area contributed by atoms with E-state index in [9.17, 15) is 13.2 Å². The molecule has 3 rings (SSSR count). The predicted octanol–water partition coefficient (Wildman–Crippen LogP) is 4.64. The minimum Gasteiger partial charge on any atom is -0.485 e. The van der Waals surface area contributed by atoms with Crippen molar-refractivity contribution in [2.75, 3.05) is 0 Å². The van der Waals surface area contributed by atoms with Crippen molar-refractivity contribution in [2.45, 2.75) is 25.1 Å². The number of halogens is 3. The number of hydrogen-bond donors (Lipinski definition) is 0. The van der Waals surface area contributed by atoms with Crippen molar-refractivity contribution in [1.29, 1.82) is 5.26 Å². The largest absolute Gasteiger partial charge is 0.485 e. The summed E-state index contributed by atoms with van der Waals surface area (Å²) in [6.07, 6.45) is -3.50. The van der Waals surface area contributed by atoms with E-state index in [-0.39, 0.29) is 17.4 Å². The molecule has 0 aromatic heterocycles. The molecule has 22 heavy (non-hydrogen) atoms. The molecule has 1 atom stereocenters. The third-order valence-electron chi connectivity index (χ3n) is 3.76. The number of benzene rings is 2. The van der Waals surface area contributed by atoms with Crippen LogP contribution in [0.3, 0.4) is 0 Å². The normalized spacial score (nSPS) is 16.9. The highest BCUT2D eigenvalue weighted by Gasteiger charge is 2.36. The Kier molecular flexibility index (Phi) is 3.53. The molecule has 0 spiro atoms. The van der Waals surface area contributed by atoms with Gasteiger partial charge in [-0.25, -0.2) is 0 Å². The van der Waals surface area contributed by atoms with Crippen LogP contribution in [-0.2, 0) is 12.6 Å². The predicted molar refractivity (Wildman–Crippen MR) is 74.3 cm³/mol. The zero-order valence-corrected chi connectivity index (χ0v) is 11.5. The molecule has 0 fully saturated rings. The minimum absolute atomic E-state index is 0.0357. The van der Waals surface area contributed by atoms with Gasteiger partial charge in [0.25, 0.3) is 0 Å². The fourth-order valence-electron chi connectivity index (χ4n) is 2.72. The highest BCUT2D eigenvalue weighted by Crippen LogP contribution is 2.41. The van der Waals surface area contributed by atoms with Crippen LogP contribution in [0.5, 0.6) is 5.75 Å². The average Bonchev–Trinajstić information content (AvgIpc) is 2.90. The molecule has 0 heterocycles. The van der Waals surface area contributed by atoms with E-state index >= 15 is 0 Å². The molecule has 0 saturated heterocycles. The van der Waals surface area contributed by atoms with Gasteiger partial charge in [0, 0.05) is 0 Å². The Morgan fingerprint density at radius 1 is 1.14 bits per heavy atom. The molecule has 2 aromatic carbocycles. The van der Waals surface area contributed by atoms with Crippen LogP contribution in [-0.4, -0.2) is 0 Å². The highest BCUT2D eigenvalue weighted by atomic mass is 19.4. The van der Waals surface area contributed by atoms with Crippen LogP contribution in [0.4, 0.5) is 13.2 Å². The van der Waals surface area contributed by atoms with E-state index in [1.165, 1.54) is 12.1 Å². The van der Waals surface area contributed by atoms with Gasteiger partial charge in [0.1, 0.15) is 11.9 Å². The number of ether oxygens (including phenoxy) is 1. The first-order valence-electron chi connectivity index (χ1n) is 6.85. The first-order valence-corrected chi connectivity index (χ1v) is 6.85. The fourth-order valence-corrected chi connectivity index (χ4v) is 2.72. The second-order valence-electron chi connectivity index (χ2n) is 5.16. The molecule has 1 aliphatic carbocycles. The quantitative estimate of drug-likeness (QED) is 0.809. The van der Waals surface area contributed by atoms with Crippen LogP contribution in [0.1, 0.15) is 34.8 Å². The van der Waals surface area contributed by atoms with Crippen LogP contribution in [0.25, 0.3) is 0 Å². The standard InChI is InChI=1S/C17H12F3NO/c18-17(19,20)14-9-11(10-21)5-7-16(14)22-15-8-6-12-3-1-2-4-13(12)15/h1-5,7,9,15H,6,8H2/t15-/m0/s1. The third-order valence-corrected chi connectivity index (χ3v) is 3.76. The third kappa shape index (κ3) is 2.64. The van der Waals surface area contributed by atoms with Crippen molar-refractivity contribution >= 4 is 0 Å². The van der Waals surface area contributed by atoms with E-state index in [4.69, 9.17) is 10.00 Å². The lowest BCUT2D eigenvalue weighted by atomic mass is 10.1. The Morgan fingerprint density at radius 2 is 1.91 bits per heavy atom. The van der Waals surface area contributed by atoms with Crippen molar-refractivity contribution < 1.29 is 17.9 Å². The number of alkyl halides is 3. The van der Waals surface area contributed by atoms with Gasteiger partial charge in [-0.3, -0.25) is 0 Å². The summed E-state index contributed by atoms with van der Waals surface area (Å²) in [6.45, 7) is 0. The van der Waals surface area contributed by atoms with Crippen molar-refractivity contribution in [1.82, 2.24) is 0 Å². The van der Waals surface area contributed by atoms with Crippen molar-refractivity contribution in [3.63, 3.8) is 0 Å². The first kappa shape index (κ1) is 14.5. The molecule has 2 aromatic rings. The van der Waals surface area contributed by atoms with Crippen molar-refractivity contribution in [3.8, 4) is 11.8 Å². The molecule has 112 valence electrons. The van der Waals surface area contributed by atoms with E-state index in [0.29, 0.717) is 6.42 Å². The van der Waals surface area contributed by atoms with Gasteiger partial charge in [0.05, 0.1) is 17.2 Å². The topological polar surface area (TPSA) is 33.0 Å². The molecular weight excluding hydrogens is 291 g/mol. The number of aryl methyl sites for hydroxylation is 1. The van der Waals surface area contributed by atoms with Crippen LogP contribution < -0.4 is 4.74 Å². The van der Waals surface area contributed by atoms with E-state index in [1.807, 2.05) is 24.3 Å². The summed E-state index contributed by atoms with van der Waals surface area (Å²) in [5.41, 5.74) is 1.09. The summed E-state index contributed by atoms with van der Waals surface area (Å²) in [7, 11) is 0. The molecule has 0 radical (unpaired) electrons. The average molecular weight is 303 g/mol. The summed E-state index contributed by atoms with van der Waals surface area (Å²) in [5, 5.41) is 8.77. The highest BCUT2D eigenvalue weighted by molar-refractivity contribution is 5.44. The van der Waals surface area contributed by atoms with Gasteiger partial charge in [-0.1, -0.05) is 24.3 Å². The summed E-state index contributed by atoms with van der Waals surface area (Å²) >= 11 is 0. The smallest absolute Gasteiger partial charge is 0.420 e. The lowest BCUT2D eigenvalue weighted by molar-refractivity contribution is -0.139. The van der Waals surface area contributed by atoms with Gasteiger partial charge in [-0.15, -0.1) is 0 Å². The summed E-state index contributed by atoms with van der Waals surface area (Å²) < 4.78 is 45.1. The Balaban J connectivity index is 1.95. The number of hydrogen-bond acceptors (Lipinski definition) is 2. The first-order chi connectivity index (χ1) is 10.5. The number of fused-ring (bicyclic) bond motifs is 1. The molecule has 2 nitrogen and oxygen atoms in total. The van der Waals surface area contributed by atoms with E-state index in [0.717, 1.165) is 23.6 Å². The molecule has 0 saturated carbocycles. The Hall–Kier alpha value is -2.48. The maximum atomic E-state index is 13.1. The van der Waals surface area contributed by atoms with Crippen molar-refractivity contribution in [3.05, 3.63) is 64.7 Å². The maximum Gasteiger partial charge on any atom is 0.420 e. The van der Waals surface area contributed by atoms with Gasteiger partial charge in [-0.05, 0) is 42.2 Å². The van der Waals surface area contributed by atoms with Gasteiger partial charge < -0.3 is 4.74 Å². The Labute approximate surface area is 125 Å². The summed E-state index contributed by atoms with van der Waals surface area (Å²) in [4.78, 5) is 0. The molecular formula is C17H12F3NO. The molecule has 0 aliphatic heterocycles. The zero-order chi connectivity index (χ0) is 15.7. The molecule has 0 unspecified atom stereocenters. The lowest BCUT2D eigenvalue weighted by Crippen LogP contribution is -2.11. The molecule has 0 N–H and O–H groups in total. The fraction of sp³-hybridized carbons (Fsp3) is 0.235. The van der Waals surface area contributed by atoms with E-state index < -0.39 is 11.7 Å². The second-order valence-corrected chi connectivity index (χ2v) is 5.16. The second kappa shape index (κ2) is 5.38. The molecule has 5 heteroatoms. The summed E-state index contributed by atoms with van der Waals surface area (Å²) in [5.74, 6) is -0.229. The van der Waals surface area contributed by atoms with E-state index in [2.05, 4.69) is 0 Å². The molecule has 1 aliphatic rings. The maximum absolute atomic E-state index is 13.1. The van der Waals surface area contributed by atoms with Gasteiger partial charge in [-0.2, -0.15) is 18.4 Å². The number of rotatable bonds is 2. The minimum atomic E-state index is -4.56. The van der Waals surface area contributed by atoms with Gasteiger partial charge in [0.2, 0.25) is 0 Å². The monoisotopic (exact) mass is 303 g/mol. The van der Waals surface area contributed by atoms with Crippen LogP contribution in [0, 0.1) is 11.3 Å². The van der Waals surface area contributed by atoms with E-state index in [1.54, 1.807) is 6.07 Å². The van der Waals surface area contributed by atoms with Crippen LogP contribution >= 0.6 is 0 Å². The van der Waals surface area contributed by atoms with Gasteiger partial charge >= 0.3 is 6.18 Å². The van der Waals surface area contributed by atoms with Crippen LogP contribution in [0.2, 0.25) is 0 Å². The molecule has 0 bridgehead atoms. The molecule has 0 amide bonds. The van der Waals surface area contributed by atoms with Gasteiger partial charge in [0.15, 0.2) is 0 Å². The van der Waals surface area contributed by atoms with Crippen molar-refractivity contribution in [2.24, 2.45) is 0 Å². The summed E-state index contributed by atoms with van der Waals surface area (Å²) in [6, 6.07) is 12.7. The lowest BCUT2D eigenvalue weighted by Gasteiger charge is -2.19. The Bertz CT molecular complexity index is 746. The SMILES string of the molecule is N#Cc1ccc(O[C@H]2CCc3ccccc32)c(C(F)(F)F)c1. The number of nitrogens with zero attached hydrogens (tertiary/aromatic N) is 1. The zero-order valence-electron chi connectivity index (χ0n) is 11.5. The Morgan fingerprint density at radius 3 is 2.64 bits per heavy atom. The number of nitriles is 1.